The van der Waals surface area contributed by atoms with Crippen LogP contribution in [0, 0.1) is 28.6 Å². The Bertz CT molecular complexity index is 506. The fourth-order valence-electron chi connectivity index (χ4n) is 7.38. The van der Waals surface area contributed by atoms with Crippen molar-refractivity contribution >= 4 is 0 Å². The molecule has 4 rings (SSSR count). The Hall–Kier alpha value is -0.560. The van der Waals surface area contributed by atoms with Crippen LogP contribution in [0.4, 0.5) is 0 Å². The molecule has 0 saturated heterocycles. The highest BCUT2D eigenvalue weighted by Crippen LogP contribution is 2.66. The summed E-state index contributed by atoms with van der Waals surface area (Å²) in [4.78, 5) is 0. The SMILES string of the molecule is C=CCC[C@]12CC[C@H]3[C@@H](CCC4=CCCC[C@@]43C)[C@@H]1CC[C@H]2O. The molecule has 0 aromatic rings. The normalized spacial score (nSPS) is 48.9. The van der Waals surface area contributed by atoms with Crippen molar-refractivity contribution in [1.82, 2.24) is 0 Å². The summed E-state index contributed by atoms with van der Waals surface area (Å²) in [6.45, 7) is 6.52. The predicted octanol–water partition coefficient (Wildman–Crippen LogP) is 5.65. The molecule has 4 aliphatic carbocycles. The Morgan fingerprint density at radius 1 is 1.22 bits per heavy atom. The van der Waals surface area contributed by atoms with Gasteiger partial charge in [-0.2, -0.15) is 0 Å². The van der Waals surface area contributed by atoms with Crippen molar-refractivity contribution in [2.24, 2.45) is 28.6 Å². The average molecular weight is 315 g/mol. The second kappa shape index (κ2) is 5.76. The highest BCUT2D eigenvalue weighted by molar-refractivity contribution is 5.24. The minimum atomic E-state index is -0.0514. The van der Waals surface area contributed by atoms with Gasteiger partial charge in [-0.25, -0.2) is 0 Å². The van der Waals surface area contributed by atoms with Crippen LogP contribution in [0.5, 0.6) is 0 Å². The van der Waals surface area contributed by atoms with Crippen LogP contribution >= 0.6 is 0 Å². The molecule has 0 bridgehead atoms. The summed E-state index contributed by atoms with van der Waals surface area (Å²) in [7, 11) is 0. The maximum Gasteiger partial charge on any atom is 0.0599 e. The van der Waals surface area contributed by atoms with Crippen molar-refractivity contribution in [3.63, 3.8) is 0 Å². The van der Waals surface area contributed by atoms with Crippen LogP contribution in [0.1, 0.15) is 77.6 Å². The lowest BCUT2D eigenvalue weighted by Crippen LogP contribution is -2.51. The van der Waals surface area contributed by atoms with Gasteiger partial charge in [-0.1, -0.05) is 24.6 Å². The topological polar surface area (TPSA) is 20.2 Å². The van der Waals surface area contributed by atoms with E-state index in [9.17, 15) is 5.11 Å². The van der Waals surface area contributed by atoms with E-state index in [1.807, 2.05) is 0 Å². The van der Waals surface area contributed by atoms with Crippen molar-refractivity contribution in [2.75, 3.05) is 0 Å². The Morgan fingerprint density at radius 2 is 2.09 bits per heavy atom. The van der Waals surface area contributed by atoms with Crippen LogP contribution in [0.15, 0.2) is 24.3 Å². The number of hydrogen-bond acceptors (Lipinski definition) is 1. The Labute approximate surface area is 142 Å². The van der Waals surface area contributed by atoms with E-state index < -0.39 is 0 Å². The van der Waals surface area contributed by atoms with Gasteiger partial charge in [-0.15, -0.1) is 6.58 Å². The van der Waals surface area contributed by atoms with Crippen LogP contribution in [-0.4, -0.2) is 11.2 Å². The van der Waals surface area contributed by atoms with Gasteiger partial charge in [-0.05, 0) is 99.2 Å². The molecule has 4 aliphatic rings. The van der Waals surface area contributed by atoms with Crippen molar-refractivity contribution in [2.45, 2.75) is 83.7 Å². The molecule has 0 radical (unpaired) electrons. The largest absolute Gasteiger partial charge is 0.393 e. The maximum atomic E-state index is 10.8. The molecule has 128 valence electrons. The van der Waals surface area contributed by atoms with E-state index in [4.69, 9.17) is 0 Å². The first kappa shape index (κ1) is 15.9. The van der Waals surface area contributed by atoms with Gasteiger partial charge < -0.3 is 5.11 Å². The molecule has 1 nitrogen and oxygen atoms in total. The number of aliphatic hydroxyl groups is 1. The molecule has 6 atom stereocenters. The van der Waals surface area contributed by atoms with Gasteiger partial charge in [0.05, 0.1) is 6.10 Å². The van der Waals surface area contributed by atoms with Gasteiger partial charge in [0.1, 0.15) is 0 Å². The van der Waals surface area contributed by atoms with Gasteiger partial charge in [-0.3, -0.25) is 0 Å². The summed E-state index contributed by atoms with van der Waals surface area (Å²) >= 11 is 0. The highest BCUT2D eigenvalue weighted by atomic mass is 16.3. The lowest BCUT2D eigenvalue weighted by Gasteiger charge is -2.58. The Balaban J connectivity index is 1.65. The quantitative estimate of drug-likeness (QED) is 0.668. The van der Waals surface area contributed by atoms with E-state index in [1.54, 1.807) is 5.57 Å². The molecular weight excluding hydrogens is 280 g/mol. The first-order valence-corrected chi connectivity index (χ1v) is 10.1. The smallest absolute Gasteiger partial charge is 0.0599 e. The van der Waals surface area contributed by atoms with E-state index in [-0.39, 0.29) is 11.5 Å². The molecule has 3 fully saturated rings. The monoisotopic (exact) mass is 314 g/mol. The van der Waals surface area contributed by atoms with E-state index in [0.29, 0.717) is 5.41 Å². The molecule has 0 aromatic carbocycles. The van der Waals surface area contributed by atoms with Crippen molar-refractivity contribution < 1.29 is 5.11 Å². The number of fused-ring (bicyclic) bond motifs is 5. The molecule has 1 N–H and O–H groups in total. The standard InChI is InChI=1S/C22H34O/c1-3-4-14-22-15-12-18-17(19(22)10-11-20(22)23)9-8-16-7-5-6-13-21(16,18)2/h3,7,17-20,23H,1,4-6,8-15H2,2H3/t17-,18+,19+,20-,21+,22+/m1/s1. The van der Waals surface area contributed by atoms with Gasteiger partial charge in [0.2, 0.25) is 0 Å². The second-order valence-electron chi connectivity index (χ2n) is 9.15. The third-order valence-electron chi connectivity index (χ3n) is 8.51. The van der Waals surface area contributed by atoms with Crippen molar-refractivity contribution in [3.8, 4) is 0 Å². The third kappa shape index (κ3) is 2.22. The summed E-state index contributed by atoms with van der Waals surface area (Å²) < 4.78 is 0. The van der Waals surface area contributed by atoms with Crippen molar-refractivity contribution in [1.29, 1.82) is 0 Å². The van der Waals surface area contributed by atoms with Gasteiger partial charge in [0.25, 0.3) is 0 Å². The molecule has 0 spiro atoms. The first-order chi connectivity index (χ1) is 11.1. The molecule has 0 amide bonds. The zero-order chi connectivity index (χ0) is 16.1. The van der Waals surface area contributed by atoms with Crippen LogP contribution in [0.3, 0.4) is 0 Å². The Morgan fingerprint density at radius 3 is 2.91 bits per heavy atom. The van der Waals surface area contributed by atoms with Crippen LogP contribution in [-0.2, 0) is 0 Å². The zero-order valence-electron chi connectivity index (χ0n) is 14.9. The molecule has 1 heteroatoms. The lowest BCUT2D eigenvalue weighted by atomic mass is 9.46. The lowest BCUT2D eigenvalue weighted by molar-refractivity contribution is -0.0872. The summed E-state index contributed by atoms with van der Waals surface area (Å²) in [6, 6.07) is 0. The van der Waals surface area contributed by atoms with E-state index in [2.05, 4.69) is 25.7 Å². The number of aliphatic hydroxyl groups excluding tert-OH is 1. The third-order valence-corrected chi connectivity index (χ3v) is 8.51. The molecule has 0 unspecified atom stereocenters. The minimum Gasteiger partial charge on any atom is -0.393 e. The number of allylic oxidation sites excluding steroid dienone is 3. The highest BCUT2D eigenvalue weighted by Gasteiger charge is 2.59. The Kier molecular flexibility index (Phi) is 3.99. The predicted molar refractivity (Wildman–Crippen MR) is 96.1 cm³/mol. The summed E-state index contributed by atoms with van der Waals surface area (Å²) in [5.74, 6) is 2.53. The van der Waals surface area contributed by atoms with Crippen LogP contribution in [0.25, 0.3) is 0 Å². The molecule has 23 heavy (non-hydrogen) atoms. The fourth-order valence-corrected chi connectivity index (χ4v) is 7.38. The molecule has 0 heterocycles. The van der Waals surface area contributed by atoms with Gasteiger partial charge in [0, 0.05) is 0 Å². The molecule has 3 saturated carbocycles. The second-order valence-corrected chi connectivity index (χ2v) is 9.15. The van der Waals surface area contributed by atoms with Gasteiger partial charge >= 0.3 is 0 Å². The van der Waals surface area contributed by atoms with E-state index in [1.165, 1.54) is 57.8 Å². The van der Waals surface area contributed by atoms with Crippen LogP contribution < -0.4 is 0 Å². The fraction of sp³-hybridized carbons (Fsp3) is 0.818. The van der Waals surface area contributed by atoms with Crippen LogP contribution in [0.2, 0.25) is 0 Å². The summed E-state index contributed by atoms with van der Waals surface area (Å²) in [5, 5.41) is 10.8. The molecular formula is C22H34O. The summed E-state index contributed by atoms with van der Waals surface area (Å²) in [6.07, 6.45) is 18.6. The van der Waals surface area contributed by atoms with Crippen molar-refractivity contribution in [3.05, 3.63) is 24.3 Å². The van der Waals surface area contributed by atoms with E-state index >= 15 is 0 Å². The maximum absolute atomic E-state index is 10.8. The summed E-state index contributed by atoms with van der Waals surface area (Å²) in [5.41, 5.74) is 2.50. The first-order valence-electron chi connectivity index (χ1n) is 10.1. The zero-order valence-corrected chi connectivity index (χ0v) is 14.9. The minimum absolute atomic E-state index is 0.0514. The number of rotatable bonds is 3. The van der Waals surface area contributed by atoms with E-state index in [0.717, 1.165) is 30.6 Å². The molecule has 0 aliphatic heterocycles. The molecule has 0 aromatic heterocycles. The number of hydrogen-bond donors (Lipinski definition) is 1. The average Bonchev–Trinajstić information content (AvgIpc) is 2.90. The van der Waals surface area contributed by atoms with Gasteiger partial charge in [0.15, 0.2) is 0 Å².